The van der Waals surface area contributed by atoms with Gasteiger partial charge in [0.1, 0.15) is 6.33 Å². The predicted molar refractivity (Wildman–Crippen MR) is 72.5 cm³/mol. The molecule has 0 aromatic carbocycles. The van der Waals surface area contributed by atoms with E-state index in [4.69, 9.17) is 9.47 Å². The smallest absolute Gasteiger partial charge is 0.204 e. The largest absolute Gasteiger partial charge is 0.490 e. The summed E-state index contributed by atoms with van der Waals surface area (Å²) in [5, 5.41) is 3.23. The van der Waals surface area contributed by atoms with E-state index in [2.05, 4.69) is 22.2 Å². The molecule has 0 saturated carbocycles. The van der Waals surface area contributed by atoms with Gasteiger partial charge >= 0.3 is 0 Å². The minimum atomic E-state index is 0.640. The minimum absolute atomic E-state index is 0.640. The number of hydrogen-bond acceptors (Lipinski definition) is 6. The zero-order chi connectivity index (χ0) is 13.4. The molecule has 1 heterocycles. The van der Waals surface area contributed by atoms with Crippen LogP contribution in [0.1, 0.15) is 13.3 Å². The Bertz CT molecular complexity index is 360. The van der Waals surface area contributed by atoms with E-state index >= 15 is 0 Å². The summed E-state index contributed by atoms with van der Waals surface area (Å²) >= 11 is 0. The lowest BCUT2D eigenvalue weighted by Crippen LogP contribution is -2.24. The highest BCUT2D eigenvalue weighted by molar-refractivity contribution is 5.64. The lowest BCUT2D eigenvalue weighted by Gasteiger charge is -2.21. The molecular formula is C12H22N4O2. The van der Waals surface area contributed by atoms with Crippen LogP contribution in [0.5, 0.6) is 5.75 Å². The molecule has 1 rings (SSSR count). The molecular weight excluding hydrogens is 232 g/mol. The van der Waals surface area contributed by atoms with Crippen molar-refractivity contribution in [3.05, 3.63) is 6.33 Å². The second kappa shape index (κ2) is 7.71. The van der Waals surface area contributed by atoms with Gasteiger partial charge in [0, 0.05) is 27.2 Å². The Morgan fingerprint density at radius 1 is 1.33 bits per heavy atom. The first kappa shape index (κ1) is 14.5. The number of aromatic nitrogens is 2. The van der Waals surface area contributed by atoms with E-state index in [-0.39, 0.29) is 0 Å². The average molecular weight is 254 g/mol. The first-order valence-electron chi connectivity index (χ1n) is 6.07. The average Bonchev–Trinajstić information content (AvgIpc) is 2.41. The standard InChI is InChI=1S/C12H22N4O2/c1-5-6-13-11-10(18-4)12(15-9-14-11)16(2)7-8-17-3/h9H,5-8H2,1-4H3,(H,13,14,15). The lowest BCUT2D eigenvalue weighted by atomic mass is 10.4. The van der Waals surface area contributed by atoms with Gasteiger partial charge < -0.3 is 19.7 Å². The Hall–Kier alpha value is -1.56. The Kier molecular flexibility index (Phi) is 6.21. The Morgan fingerprint density at radius 3 is 2.72 bits per heavy atom. The normalized spacial score (nSPS) is 10.2. The molecule has 6 heteroatoms. The van der Waals surface area contributed by atoms with Crippen LogP contribution < -0.4 is 15.0 Å². The number of nitrogens with one attached hydrogen (secondary N) is 1. The SMILES string of the molecule is CCCNc1ncnc(N(C)CCOC)c1OC. The first-order chi connectivity index (χ1) is 8.74. The summed E-state index contributed by atoms with van der Waals surface area (Å²) in [4.78, 5) is 10.5. The molecule has 0 saturated heterocycles. The molecule has 0 atom stereocenters. The molecule has 1 aromatic heterocycles. The summed E-state index contributed by atoms with van der Waals surface area (Å²) in [6.45, 7) is 4.35. The number of methoxy groups -OCH3 is 2. The molecule has 0 amide bonds. The van der Waals surface area contributed by atoms with Gasteiger partial charge in [-0.25, -0.2) is 9.97 Å². The van der Waals surface area contributed by atoms with Crippen LogP contribution in [-0.2, 0) is 4.74 Å². The molecule has 0 aliphatic heterocycles. The van der Waals surface area contributed by atoms with Crippen LogP contribution in [0.15, 0.2) is 6.33 Å². The third-order valence-electron chi connectivity index (χ3n) is 2.52. The summed E-state index contributed by atoms with van der Waals surface area (Å²) in [6, 6.07) is 0. The van der Waals surface area contributed by atoms with Gasteiger partial charge in [0.25, 0.3) is 0 Å². The number of hydrogen-bond donors (Lipinski definition) is 1. The molecule has 1 aromatic rings. The maximum absolute atomic E-state index is 5.40. The quantitative estimate of drug-likeness (QED) is 0.756. The van der Waals surface area contributed by atoms with E-state index < -0.39 is 0 Å². The topological polar surface area (TPSA) is 59.5 Å². The molecule has 18 heavy (non-hydrogen) atoms. The van der Waals surface area contributed by atoms with Gasteiger partial charge in [-0.2, -0.15) is 0 Å². The van der Waals surface area contributed by atoms with Crippen LogP contribution >= 0.6 is 0 Å². The fourth-order valence-electron chi connectivity index (χ4n) is 1.53. The monoisotopic (exact) mass is 254 g/mol. The van der Waals surface area contributed by atoms with Gasteiger partial charge in [-0.1, -0.05) is 6.92 Å². The predicted octanol–water partition coefficient (Wildman–Crippen LogP) is 1.39. The van der Waals surface area contributed by atoms with E-state index in [1.165, 1.54) is 0 Å². The second-order valence-corrected chi connectivity index (χ2v) is 3.92. The Labute approximate surface area is 108 Å². The summed E-state index contributed by atoms with van der Waals surface area (Å²) in [5.74, 6) is 2.17. The molecule has 1 N–H and O–H groups in total. The molecule has 0 bridgehead atoms. The van der Waals surface area contributed by atoms with E-state index in [1.54, 1.807) is 20.5 Å². The van der Waals surface area contributed by atoms with Crippen molar-refractivity contribution in [2.45, 2.75) is 13.3 Å². The van der Waals surface area contributed by atoms with Crippen molar-refractivity contribution in [1.82, 2.24) is 9.97 Å². The van der Waals surface area contributed by atoms with E-state index in [0.29, 0.717) is 12.4 Å². The molecule has 6 nitrogen and oxygen atoms in total. The van der Waals surface area contributed by atoms with E-state index in [9.17, 15) is 0 Å². The fourth-order valence-corrected chi connectivity index (χ4v) is 1.53. The zero-order valence-electron chi connectivity index (χ0n) is 11.6. The van der Waals surface area contributed by atoms with Crippen molar-refractivity contribution in [3.63, 3.8) is 0 Å². The maximum Gasteiger partial charge on any atom is 0.204 e. The third kappa shape index (κ3) is 3.73. The van der Waals surface area contributed by atoms with Gasteiger partial charge in [-0.3, -0.25) is 0 Å². The van der Waals surface area contributed by atoms with Crippen molar-refractivity contribution in [2.75, 3.05) is 51.2 Å². The molecule has 0 aliphatic carbocycles. The van der Waals surface area contributed by atoms with Crippen molar-refractivity contribution in [1.29, 1.82) is 0 Å². The van der Waals surface area contributed by atoms with Crippen molar-refractivity contribution < 1.29 is 9.47 Å². The summed E-state index contributed by atoms with van der Waals surface area (Å²) < 4.78 is 10.5. The Morgan fingerprint density at radius 2 is 2.11 bits per heavy atom. The van der Waals surface area contributed by atoms with Crippen LogP contribution in [0, 0.1) is 0 Å². The first-order valence-corrected chi connectivity index (χ1v) is 6.07. The van der Waals surface area contributed by atoms with Crippen molar-refractivity contribution >= 4 is 11.6 Å². The number of anilines is 2. The zero-order valence-corrected chi connectivity index (χ0v) is 11.6. The van der Waals surface area contributed by atoms with Gasteiger partial charge in [-0.05, 0) is 6.42 Å². The number of nitrogens with zero attached hydrogens (tertiary/aromatic N) is 3. The molecule has 0 radical (unpaired) electrons. The highest BCUT2D eigenvalue weighted by atomic mass is 16.5. The van der Waals surface area contributed by atoms with Crippen LogP contribution in [0.4, 0.5) is 11.6 Å². The summed E-state index contributed by atoms with van der Waals surface area (Å²) in [7, 11) is 5.26. The maximum atomic E-state index is 5.40. The third-order valence-corrected chi connectivity index (χ3v) is 2.52. The summed E-state index contributed by atoms with van der Waals surface area (Å²) in [6.07, 6.45) is 2.57. The van der Waals surface area contributed by atoms with Crippen LogP contribution in [-0.4, -0.2) is 50.9 Å². The van der Waals surface area contributed by atoms with E-state index in [0.717, 1.165) is 31.1 Å². The molecule has 102 valence electrons. The highest BCUT2D eigenvalue weighted by Crippen LogP contribution is 2.30. The minimum Gasteiger partial charge on any atom is -0.490 e. The van der Waals surface area contributed by atoms with Crippen molar-refractivity contribution in [2.24, 2.45) is 0 Å². The molecule has 0 aliphatic rings. The lowest BCUT2D eigenvalue weighted by molar-refractivity contribution is 0.206. The number of rotatable bonds is 8. The van der Waals surface area contributed by atoms with Crippen molar-refractivity contribution in [3.8, 4) is 5.75 Å². The van der Waals surface area contributed by atoms with Crippen LogP contribution in [0.2, 0.25) is 0 Å². The molecule has 0 spiro atoms. The van der Waals surface area contributed by atoms with Gasteiger partial charge in [0.05, 0.1) is 13.7 Å². The fraction of sp³-hybridized carbons (Fsp3) is 0.667. The Balaban J connectivity index is 2.89. The van der Waals surface area contributed by atoms with Crippen LogP contribution in [0.25, 0.3) is 0 Å². The molecule has 0 fully saturated rings. The second-order valence-electron chi connectivity index (χ2n) is 3.92. The van der Waals surface area contributed by atoms with Crippen LogP contribution in [0.3, 0.4) is 0 Å². The number of ether oxygens (including phenoxy) is 2. The highest BCUT2D eigenvalue weighted by Gasteiger charge is 2.15. The van der Waals surface area contributed by atoms with Gasteiger partial charge in [-0.15, -0.1) is 0 Å². The molecule has 0 unspecified atom stereocenters. The van der Waals surface area contributed by atoms with Gasteiger partial charge in [0.2, 0.25) is 5.75 Å². The summed E-state index contributed by atoms with van der Waals surface area (Å²) in [5.41, 5.74) is 0. The number of likely N-dealkylation sites (N-methyl/N-ethyl adjacent to an activating group) is 1. The van der Waals surface area contributed by atoms with Gasteiger partial charge in [0.15, 0.2) is 11.6 Å². The van der Waals surface area contributed by atoms with E-state index in [1.807, 2.05) is 11.9 Å².